The molecule has 0 heterocycles. The van der Waals surface area contributed by atoms with Gasteiger partial charge in [0.05, 0.1) is 26.4 Å². The minimum atomic E-state index is -0.587. The van der Waals surface area contributed by atoms with E-state index in [4.69, 9.17) is 18.9 Å². The minimum Gasteiger partial charge on any atom is -0.462 e. The third kappa shape index (κ3) is 32.1. The fourth-order valence-corrected chi connectivity index (χ4v) is 5.11. The van der Waals surface area contributed by atoms with Crippen molar-refractivity contribution < 1.29 is 28.5 Å². The van der Waals surface area contributed by atoms with Crippen LogP contribution in [0, 0.1) is 0 Å². The fourth-order valence-electron chi connectivity index (χ4n) is 4.99. The quantitative estimate of drug-likeness (QED) is 0.0441. The van der Waals surface area contributed by atoms with E-state index in [9.17, 15) is 9.59 Å². The van der Waals surface area contributed by atoms with Crippen LogP contribution in [0.25, 0.3) is 0 Å². The summed E-state index contributed by atoms with van der Waals surface area (Å²) in [6.07, 6.45) is 27.5. The molecule has 0 saturated carbocycles. The highest BCUT2D eigenvalue weighted by atomic mass is 32.1. The maximum absolute atomic E-state index is 12.5. The molecule has 1 atom stereocenters. The Labute approximate surface area is 265 Å². The predicted octanol–water partition coefficient (Wildman–Crippen LogP) is 9.81. The van der Waals surface area contributed by atoms with Crippen molar-refractivity contribution in [3.05, 3.63) is 0 Å². The van der Waals surface area contributed by atoms with E-state index in [1.165, 1.54) is 109 Å². The molecule has 7 heteroatoms. The molecule has 0 aliphatic rings. The zero-order chi connectivity index (χ0) is 30.8. The monoisotopic (exact) mass is 616 g/mol. The molecule has 250 valence electrons. The Kier molecular flexibility index (Phi) is 34.0. The molecule has 42 heavy (non-hydrogen) atoms. The standard InChI is InChI=1S/C35H68O6S/c1-3-5-7-9-11-13-15-17-19-21-23-25-34(36)40-32-33(31-39-28-27-38-29-30-42)41-35(37)26-24-22-20-18-16-14-12-10-8-6-4-2/h33,42H,3-32H2,1-2H3. The minimum absolute atomic E-state index is 0.0400. The Morgan fingerprint density at radius 1 is 0.500 bits per heavy atom. The van der Waals surface area contributed by atoms with Crippen LogP contribution in [-0.4, -0.2) is 56.8 Å². The molecule has 1 unspecified atom stereocenters. The Morgan fingerprint density at radius 3 is 1.36 bits per heavy atom. The van der Waals surface area contributed by atoms with Gasteiger partial charge >= 0.3 is 11.9 Å². The fraction of sp³-hybridized carbons (Fsp3) is 0.943. The Morgan fingerprint density at radius 2 is 0.905 bits per heavy atom. The molecule has 0 bridgehead atoms. The van der Waals surface area contributed by atoms with Crippen LogP contribution >= 0.6 is 12.6 Å². The largest absolute Gasteiger partial charge is 0.462 e. The van der Waals surface area contributed by atoms with Crippen LogP contribution in [0.2, 0.25) is 0 Å². The molecular formula is C35H68O6S. The van der Waals surface area contributed by atoms with E-state index in [0.29, 0.717) is 38.4 Å². The predicted molar refractivity (Wildman–Crippen MR) is 178 cm³/mol. The van der Waals surface area contributed by atoms with Crippen LogP contribution < -0.4 is 0 Å². The average Bonchev–Trinajstić information content (AvgIpc) is 2.99. The van der Waals surface area contributed by atoms with E-state index in [1.807, 2.05) is 0 Å². The second-order valence-electron chi connectivity index (χ2n) is 11.8. The molecule has 0 rings (SSSR count). The van der Waals surface area contributed by atoms with Gasteiger partial charge in [0.25, 0.3) is 0 Å². The highest BCUT2D eigenvalue weighted by Gasteiger charge is 2.17. The summed E-state index contributed by atoms with van der Waals surface area (Å²) in [5, 5.41) is 0. The molecule has 0 fully saturated rings. The summed E-state index contributed by atoms with van der Waals surface area (Å²) in [5.41, 5.74) is 0. The molecular weight excluding hydrogens is 548 g/mol. The molecule has 0 amide bonds. The summed E-state index contributed by atoms with van der Waals surface area (Å²) in [6.45, 7) is 6.16. The molecule has 0 aromatic carbocycles. The van der Waals surface area contributed by atoms with Crippen LogP contribution in [0.5, 0.6) is 0 Å². The third-order valence-electron chi connectivity index (χ3n) is 7.61. The molecule has 0 spiro atoms. The first-order chi connectivity index (χ1) is 20.6. The van der Waals surface area contributed by atoms with Crippen molar-refractivity contribution in [3.8, 4) is 0 Å². The normalized spacial score (nSPS) is 12.0. The molecule has 0 aromatic rings. The van der Waals surface area contributed by atoms with Crippen LogP contribution in [0.3, 0.4) is 0 Å². The summed E-state index contributed by atoms with van der Waals surface area (Å²) in [5.74, 6) is 0.190. The topological polar surface area (TPSA) is 71.1 Å². The molecule has 0 aliphatic carbocycles. The summed E-state index contributed by atoms with van der Waals surface area (Å²) in [6, 6.07) is 0. The average molecular weight is 617 g/mol. The Bertz CT molecular complexity index is 574. The smallest absolute Gasteiger partial charge is 0.306 e. The lowest BCUT2D eigenvalue weighted by atomic mass is 10.1. The molecule has 0 radical (unpaired) electrons. The molecule has 0 aromatic heterocycles. The lowest BCUT2D eigenvalue weighted by Crippen LogP contribution is -2.30. The van der Waals surface area contributed by atoms with Gasteiger partial charge in [-0.15, -0.1) is 0 Å². The van der Waals surface area contributed by atoms with Gasteiger partial charge in [0.1, 0.15) is 6.61 Å². The highest BCUT2D eigenvalue weighted by molar-refractivity contribution is 7.80. The zero-order valence-corrected chi connectivity index (χ0v) is 28.6. The van der Waals surface area contributed by atoms with Gasteiger partial charge in [-0.05, 0) is 12.8 Å². The van der Waals surface area contributed by atoms with E-state index in [2.05, 4.69) is 26.5 Å². The highest BCUT2D eigenvalue weighted by Crippen LogP contribution is 2.14. The van der Waals surface area contributed by atoms with Crippen molar-refractivity contribution in [3.63, 3.8) is 0 Å². The van der Waals surface area contributed by atoms with E-state index >= 15 is 0 Å². The number of rotatable bonds is 34. The number of thiol groups is 1. The van der Waals surface area contributed by atoms with Crippen LogP contribution in [-0.2, 0) is 28.5 Å². The van der Waals surface area contributed by atoms with Crippen molar-refractivity contribution in [2.45, 2.75) is 174 Å². The first-order valence-corrected chi connectivity index (χ1v) is 18.4. The van der Waals surface area contributed by atoms with Gasteiger partial charge in [0, 0.05) is 18.6 Å². The van der Waals surface area contributed by atoms with E-state index in [1.54, 1.807) is 0 Å². The van der Waals surface area contributed by atoms with Gasteiger partial charge in [-0.3, -0.25) is 9.59 Å². The van der Waals surface area contributed by atoms with Crippen molar-refractivity contribution in [2.24, 2.45) is 0 Å². The summed E-state index contributed by atoms with van der Waals surface area (Å²) in [4.78, 5) is 24.8. The van der Waals surface area contributed by atoms with Gasteiger partial charge < -0.3 is 18.9 Å². The summed E-state index contributed by atoms with van der Waals surface area (Å²) >= 11 is 4.12. The van der Waals surface area contributed by atoms with Gasteiger partial charge in [0.15, 0.2) is 6.10 Å². The van der Waals surface area contributed by atoms with E-state index in [0.717, 1.165) is 32.1 Å². The van der Waals surface area contributed by atoms with Crippen LogP contribution in [0.1, 0.15) is 168 Å². The maximum Gasteiger partial charge on any atom is 0.306 e. The lowest BCUT2D eigenvalue weighted by Gasteiger charge is -2.18. The zero-order valence-electron chi connectivity index (χ0n) is 27.7. The van der Waals surface area contributed by atoms with Crippen LogP contribution in [0.4, 0.5) is 0 Å². The summed E-state index contributed by atoms with van der Waals surface area (Å²) in [7, 11) is 0. The van der Waals surface area contributed by atoms with Crippen LogP contribution in [0.15, 0.2) is 0 Å². The SMILES string of the molecule is CCCCCCCCCCCCCC(=O)OCC(COCCOCCS)OC(=O)CCCCCCCCCCCCC. The second-order valence-corrected chi connectivity index (χ2v) is 12.2. The first kappa shape index (κ1) is 41.2. The number of hydrogen-bond acceptors (Lipinski definition) is 7. The first-order valence-electron chi connectivity index (χ1n) is 17.7. The Hall–Kier alpha value is -0.790. The molecule has 0 saturated heterocycles. The van der Waals surface area contributed by atoms with Gasteiger partial charge in [-0.1, -0.05) is 142 Å². The van der Waals surface area contributed by atoms with E-state index < -0.39 is 6.10 Å². The van der Waals surface area contributed by atoms with Crippen molar-refractivity contribution in [1.29, 1.82) is 0 Å². The van der Waals surface area contributed by atoms with E-state index in [-0.39, 0.29) is 25.2 Å². The second kappa shape index (κ2) is 34.7. The number of hydrogen-bond donors (Lipinski definition) is 1. The number of ether oxygens (including phenoxy) is 4. The lowest BCUT2D eigenvalue weighted by molar-refractivity contribution is -0.163. The number of carbonyl (C=O) groups is 2. The van der Waals surface area contributed by atoms with Crippen molar-refractivity contribution in [1.82, 2.24) is 0 Å². The van der Waals surface area contributed by atoms with Crippen molar-refractivity contribution >= 4 is 24.6 Å². The number of esters is 2. The van der Waals surface area contributed by atoms with Gasteiger partial charge in [-0.25, -0.2) is 0 Å². The van der Waals surface area contributed by atoms with Gasteiger partial charge in [-0.2, -0.15) is 12.6 Å². The third-order valence-corrected chi connectivity index (χ3v) is 7.79. The van der Waals surface area contributed by atoms with Gasteiger partial charge in [0.2, 0.25) is 0 Å². The maximum atomic E-state index is 12.5. The molecule has 6 nitrogen and oxygen atoms in total. The van der Waals surface area contributed by atoms with Crippen molar-refractivity contribution in [2.75, 3.05) is 38.8 Å². The number of carbonyl (C=O) groups excluding carboxylic acids is 2. The number of unbranched alkanes of at least 4 members (excludes halogenated alkanes) is 20. The molecule has 0 aliphatic heterocycles. The Balaban J connectivity index is 4.06. The summed E-state index contributed by atoms with van der Waals surface area (Å²) < 4.78 is 22.1. The molecule has 0 N–H and O–H groups in total.